The Morgan fingerprint density at radius 1 is 1.28 bits per heavy atom. The van der Waals surface area contributed by atoms with Gasteiger partial charge in [0.25, 0.3) is 0 Å². The van der Waals surface area contributed by atoms with Crippen molar-refractivity contribution in [1.82, 2.24) is 5.32 Å². The summed E-state index contributed by atoms with van der Waals surface area (Å²) in [7, 11) is 0. The number of rotatable bonds is 7. The number of likely N-dealkylation sites (N-methyl/N-ethyl adjacent to an activating group) is 1. The average Bonchev–Trinajstić information content (AvgIpc) is 2.31. The van der Waals surface area contributed by atoms with Crippen molar-refractivity contribution in [3.8, 4) is 0 Å². The zero-order valence-corrected chi connectivity index (χ0v) is 12.2. The second-order valence-corrected chi connectivity index (χ2v) is 5.57. The van der Waals surface area contributed by atoms with Crippen molar-refractivity contribution in [3.63, 3.8) is 0 Å². The van der Waals surface area contributed by atoms with Crippen LogP contribution in [-0.2, 0) is 6.42 Å². The van der Waals surface area contributed by atoms with Gasteiger partial charge in [-0.15, -0.1) is 0 Å². The first kappa shape index (κ1) is 15.5. The molecular weight excluding hydrogens is 249 g/mol. The molecule has 1 N–H and O–H groups in total. The zero-order valence-electron chi connectivity index (χ0n) is 11.5. The Kier molecular flexibility index (Phi) is 6.66. The topological polar surface area (TPSA) is 12.0 Å². The summed E-state index contributed by atoms with van der Waals surface area (Å²) in [5.41, 5.74) is 0.895. The van der Waals surface area contributed by atoms with Gasteiger partial charge < -0.3 is 5.32 Å². The molecule has 0 heterocycles. The highest BCUT2D eigenvalue weighted by atomic mass is 35.5. The van der Waals surface area contributed by atoms with Gasteiger partial charge in [0.15, 0.2) is 0 Å². The fourth-order valence-electron chi connectivity index (χ4n) is 2.06. The van der Waals surface area contributed by atoms with E-state index in [0.29, 0.717) is 17.0 Å². The highest BCUT2D eigenvalue weighted by molar-refractivity contribution is 6.31. The van der Waals surface area contributed by atoms with Crippen molar-refractivity contribution in [2.24, 2.45) is 5.92 Å². The monoisotopic (exact) mass is 271 g/mol. The van der Waals surface area contributed by atoms with Gasteiger partial charge in [-0.1, -0.05) is 32.4 Å². The Morgan fingerprint density at radius 2 is 2.00 bits per heavy atom. The third kappa shape index (κ3) is 5.36. The third-order valence-corrected chi connectivity index (χ3v) is 3.43. The molecule has 0 aliphatic rings. The molecule has 1 aromatic carbocycles. The van der Waals surface area contributed by atoms with Gasteiger partial charge >= 0.3 is 0 Å². The van der Waals surface area contributed by atoms with E-state index < -0.39 is 0 Å². The number of benzene rings is 1. The predicted octanol–water partition coefficient (Wildman–Crippen LogP) is 4.44. The van der Waals surface area contributed by atoms with E-state index >= 15 is 0 Å². The SMILES string of the molecule is CCNC(CCC(C)C)Cc1cc(F)ccc1Cl. The van der Waals surface area contributed by atoms with Crippen LogP contribution in [0.1, 0.15) is 39.2 Å². The highest BCUT2D eigenvalue weighted by Crippen LogP contribution is 2.20. The largest absolute Gasteiger partial charge is 0.314 e. The molecule has 18 heavy (non-hydrogen) atoms. The van der Waals surface area contributed by atoms with Crippen LogP contribution < -0.4 is 5.32 Å². The van der Waals surface area contributed by atoms with Crippen LogP contribution in [0.25, 0.3) is 0 Å². The predicted molar refractivity (Wildman–Crippen MR) is 76.7 cm³/mol. The lowest BCUT2D eigenvalue weighted by molar-refractivity contribution is 0.434. The summed E-state index contributed by atoms with van der Waals surface area (Å²) in [5.74, 6) is 0.475. The van der Waals surface area contributed by atoms with Crippen LogP contribution in [0.15, 0.2) is 18.2 Å². The van der Waals surface area contributed by atoms with Gasteiger partial charge in [-0.3, -0.25) is 0 Å². The first-order valence-corrected chi connectivity index (χ1v) is 7.08. The molecule has 0 fully saturated rings. The molecule has 0 spiro atoms. The van der Waals surface area contributed by atoms with Gasteiger partial charge in [-0.25, -0.2) is 4.39 Å². The van der Waals surface area contributed by atoms with Gasteiger partial charge in [-0.05, 0) is 55.5 Å². The Morgan fingerprint density at radius 3 is 2.61 bits per heavy atom. The number of halogens is 2. The molecule has 0 aliphatic carbocycles. The maximum Gasteiger partial charge on any atom is 0.123 e. The standard InChI is InChI=1S/C15H23ClFN/c1-4-18-14(7-5-11(2)3)10-12-9-13(17)6-8-15(12)16/h6,8-9,11,14,18H,4-5,7,10H2,1-3H3. The average molecular weight is 272 g/mol. The molecule has 1 unspecified atom stereocenters. The molecule has 0 bridgehead atoms. The fraction of sp³-hybridized carbons (Fsp3) is 0.600. The van der Waals surface area contributed by atoms with Gasteiger partial charge in [0, 0.05) is 11.1 Å². The van der Waals surface area contributed by atoms with Gasteiger partial charge in [-0.2, -0.15) is 0 Å². The van der Waals surface area contributed by atoms with Gasteiger partial charge in [0.2, 0.25) is 0 Å². The summed E-state index contributed by atoms with van der Waals surface area (Å²) < 4.78 is 13.2. The number of hydrogen-bond donors (Lipinski definition) is 1. The fourth-order valence-corrected chi connectivity index (χ4v) is 2.26. The van der Waals surface area contributed by atoms with Crippen LogP contribution in [0.4, 0.5) is 4.39 Å². The second kappa shape index (κ2) is 7.75. The number of nitrogens with one attached hydrogen (secondary N) is 1. The number of hydrogen-bond acceptors (Lipinski definition) is 1. The first-order valence-electron chi connectivity index (χ1n) is 6.70. The second-order valence-electron chi connectivity index (χ2n) is 5.17. The smallest absolute Gasteiger partial charge is 0.123 e. The molecule has 0 aromatic heterocycles. The summed E-state index contributed by atoms with van der Waals surface area (Å²) in [5, 5.41) is 4.11. The normalized spacial score (nSPS) is 13.0. The summed E-state index contributed by atoms with van der Waals surface area (Å²) in [6.45, 7) is 7.46. The van der Waals surface area contributed by atoms with Crippen LogP contribution in [0, 0.1) is 11.7 Å². The van der Waals surface area contributed by atoms with Crippen LogP contribution in [0.5, 0.6) is 0 Å². The molecule has 3 heteroatoms. The van der Waals surface area contributed by atoms with E-state index in [4.69, 9.17) is 11.6 Å². The molecule has 1 aromatic rings. The Labute approximate surface area is 115 Å². The van der Waals surface area contributed by atoms with E-state index in [0.717, 1.165) is 24.9 Å². The minimum absolute atomic E-state index is 0.214. The van der Waals surface area contributed by atoms with Crippen molar-refractivity contribution < 1.29 is 4.39 Å². The van der Waals surface area contributed by atoms with E-state index in [1.165, 1.54) is 12.5 Å². The van der Waals surface area contributed by atoms with Crippen LogP contribution >= 0.6 is 11.6 Å². The van der Waals surface area contributed by atoms with Crippen molar-refractivity contribution in [3.05, 3.63) is 34.6 Å². The summed E-state index contributed by atoms with van der Waals surface area (Å²) in [4.78, 5) is 0. The maximum atomic E-state index is 13.2. The summed E-state index contributed by atoms with van der Waals surface area (Å²) in [6.07, 6.45) is 3.06. The molecule has 1 nitrogen and oxygen atoms in total. The van der Waals surface area contributed by atoms with Crippen LogP contribution in [0.2, 0.25) is 5.02 Å². The Hall–Kier alpha value is -0.600. The molecule has 0 saturated carbocycles. The third-order valence-electron chi connectivity index (χ3n) is 3.06. The van der Waals surface area contributed by atoms with Crippen LogP contribution in [-0.4, -0.2) is 12.6 Å². The molecule has 1 atom stereocenters. The lowest BCUT2D eigenvalue weighted by Crippen LogP contribution is -2.31. The van der Waals surface area contributed by atoms with Crippen molar-refractivity contribution in [1.29, 1.82) is 0 Å². The van der Waals surface area contributed by atoms with Crippen LogP contribution in [0.3, 0.4) is 0 Å². The van der Waals surface area contributed by atoms with E-state index in [1.807, 2.05) is 0 Å². The molecule has 1 rings (SSSR count). The quantitative estimate of drug-likeness (QED) is 0.773. The highest BCUT2D eigenvalue weighted by Gasteiger charge is 2.12. The van der Waals surface area contributed by atoms with Gasteiger partial charge in [0.05, 0.1) is 0 Å². The van der Waals surface area contributed by atoms with Gasteiger partial charge in [0.1, 0.15) is 5.82 Å². The molecule has 0 radical (unpaired) electrons. The van der Waals surface area contributed by atoms with Crippen molar-refractivity contribution in [2.45, 2.75) is 46.1 Å². The zero-order chi connectivity index (χ0) is 13.5. The van der Waals surface area contributed by atoms with E-state index in [9.17, 15) is 4.39 Å². The van der Waals surface area contributed by atoms with Crippen molar-refractivity contribution in [2.75, 3.05) is 6.54 Å². The van der Waals surface area contributed by atoms with E-state index in [1.54, 1.807) is 12.1 Å². The molecular formula is C15H23ClFN. The first-order chi connectivity index (χ1) is 8.52. The van der Waals surface area contributed by atoms with Crippen molar-refractivity contribution >= 4 is 11.6 Å². The molecule has 0 aliphatic heterocycles. The molecule has 0 saturated heterocycles. The molecule has 0 amide bonds. The Bertz CT molecular complexity index is 366. The maximum absolute atomic E-state index is 13.2. The van der Waals surface area contributed by atoms with E-state index in [2.05, 4.69) is 26.1 Å². The Balaban J connectivity index is 2.66. The lowest BCUT2D eigenvalue weighted by atomic mass is 9.97. The minimum atomic E-state index is -0.214. The molecule has 102 valence electrons. The summed E-state index contributed by atoms with van der Waals surface area (Å²) in [6, 6.07) is 4.96. The lowest BCUT2D eigenvalue weighted by Gasteiger charge is -2.19. The summed E-state index contributed by atoms with van der Waals surface area (Å²) >= 11 is 6.11. The van der Waals surface area contributed by atoms with E-state index in [-0.39, 0.29) is 5.82 Å². The minimum Gasteiger partial charge on any atom is -0.314 e.